The third-order valence-electron chi connectivity index (χ3n) is 24.1. The van der Waals surface area contributed by atoms with Crippen LogP contribution in [0.25, 0.3) is 127 Å². The van der Waals surface area contributed by atoms with Crippen molar-refractivity contribution < 1.29 is 11.0 Å². The van der Waals surface area contributed by atoms with E-state index in [0.717, 1.165) is 156 Å². The molecule has 17 aromatic carbocycles. The van der Waals surface area contributed by atoms with Gasteiger partial charge in [0.05, 0.1) is 49.8 Å². The lowest BCUT2D eigenvalue weighted by Crippen LogP contribution is -2.61. The Balaban J connectivity index is 0.912. The Morgan fingerprint density at radius 3 is 1.03 bits per heavy atom. The fraction of sp³-hybridized carbons (Fsp3) is 0.0727. The minimum absolute atomic E-state index is 0.00204. The summed E-state index contributed by atoms with van der Waals surface area (Å²) in [4.78, 5) is 7.24. The largest absolute Gasteiger partial charge is 0.311 e. The van der Waals surface area contributed by atoms with Crippen LogP contribution in [0.2, 0.25) is 0 Å². The Labute approximate surface area is 694 Å². The number of para-hydroxylation sites is 5. The lowest BCUT2D eigenvalue weighted by molar-refractivity contribution is 0.590. The van der Waals surface area contributed by atoms with Gasteiger partial charge in [0.1, 0.15) is 0 Å². The molecule has 0 spiro atoms. The molecule has 0 amide bonds. The molecule has 3 aromatic heterocycles. The molecule has 7 heteroatoms. The molecule has 0 radical (unpaired) electrons. The molecule has 0 bridgehead atoms. The Bertz CT molecular complexity index is 7550. The average Bonchev–Trinajstić information content (AvgIpc) is 1.64. The standard InChI is InChI=1S/C110H83BN6/c1-109(2,3)80-49-56-101-93(65-80)94-66-81(110(4,5)6)50-57-102(94)114(101)86-52-55-97-105(69-86)117(88-63-78(74-35-17-9-18-36-74)60-79(64-88)75-37-19-10-20-38-75)107-71-89(115-100-48-30-27-45-92(100)95-67-84(53-58-103(95)115)112(82-39-21-11-22-40-82)83-41-23-12-24-42-83)70-106-108(107)111(97)96-54-51-85(113-98-46-28-25-43-90(98)91-44-26-29-47-99(91)113)68-104(96)116(106)87-61-76(72-31-13-7-14-32-72)59-77(62-87)73-33-15-8-16-34-73/h7-71H,1-6H3/i25D,26D,28D,29D,43D,44D,46D,47D. The number of rotatable bonds is 12. The third-order valence-corrected chi connectivity index (χ3v) is 24.1. The highest BCUT2D eigenvalue weighted by atomic mass is 15.2. The predicted molar refractivity (Wildman–Crippen MR) is 497 cm³/mol. The van der Waals surface area contributed by atoms with Crippen molar-refractivity contribution in [2.75, 3.05) is 14.7 Å². The molecule has 0 N–H and O–H groups in total. The minimum Gasteiger partial charge on any atom is -0.311 e. The molecule has 22 rings (SSSR count). The zero-order valence-electron chi connectivity index (χ0n) is 73.7. The second-order valence-corrected chi connectivity index (χ2v) is 33.1. The maximum absolute atomic E-state index is 9.95. The maximum atomic E-state index is 9.95. The summed E-state index contributed by atoms with van der Waals surface area (Å²) in [7, 11) is 0. The number of nitrogens with zero attached hydrogens (tertiary/aromatic N) is 6. The predicted octanol–water partition coefficient (Wildman–Crippen LogP) is 27.8. The Hall–Kier alpha value is -14.4. The van der Waals surface area contributed by atoms with Crippen molar-refractivity contribution in [1.29, 1.82) is 0 Å². The van der Waals surface area contributed by atoms with Gasteiger partial charge in [0.15, 0.2) is 0 Å². The van der Waals surface area contributed by atoms with Gasteiger partial charge >= 0.3 is 0 Å². The first kappa shape index (κ1) is 61.2. The first-order valence-electron chi connectivity index (χ1n) is 44.2. The van der Waals surface area contributed by atoms with Crippen LogP contribution in [-0.2, 0) is 10.8 Å². The first-order chi connectivity index (χ1) is 60.6. The SMILES string of the molecule is [2H]c1c([2H])c([2H])c2c(c1[2H])c1c([2H])c([2H])c([2H])c([2H])c1n2-c1ccc2c(c1)N(c1cc(-c3ccccc3)cc(-c3ccccc3)c1)c1cc(-n3c4ccccc4c4cc(N(c5ccccc5)c5ccccc5)ccc43)cc3c1B2c1ccc(-n2c4ccc(C(C)(C)C)cc4c4cc(C(C)(C)C)ccc42)cc1N3c1cc(-c2ccccc2)cc(-c2ccccc2)c1. The van der Waals surface area contributed by atoms with E-state index in [2.05, 4.69) is 393 Å². The number of aromatic nitrogens is 3. The van der Waals surface area contributed by atoms with Crippen molar-refractivity contribution in [2.24, 2.45) is 0 Å². The van der Waals surface area contributed by atoms with Crippen LogP contribution in [0.3, 0.4) is 0 Å². The summed E-state index contributed by atoms with van der Waals surface area (Å²) in [6.45, 7) is 13.1. The van der Waals surface area contributed by atoms with Crippen LogP contribution in [0.5, 0.6) is 0 Å². The summed E-state index contributed by atoms with van der Waals surface area (Å²) >= 11 is 0. The molecule has 0 fully saturated rings. The van der Waals surface area contributed by atoms with E-state index in [1.807, 2.05) is 18.2 Å². The summed E-state index contributed by atoms with van der Waals surface area (Å²) in [6.07, 6.45) is 0. The molecule has 5 heterocycles. The molecule has 0 atom stereocenters. The molecule has 0 aliphatic carbocycles. The smallest absolute Gasteiger partial charge is 0.252 e. The van der Waals surface area contributed by atoms with Crippen LogP contribution in [-0.4, -0.2) is 20.4 Å². The number of benzene rings is 17. The molecule has 556 valence electrons. The highest BCUT2D eigenvalue weighted by Gasteiger charge is 2.45. The van der Waals surface area contributed by atoms with Crippen molar-refractivity contribution in [3.63, 3.8) is 0 Å². The van der Waals surface area contributed by atoms with Crippen LogP contribution >= 0.6 is 0 Å². The van der Waals surface area contributed by atoms with E-state index < -0.39 is 43.0 Å². The highest BCUT2D eigenvalue weighted by Crippen LogP contribution is 2.52. The summed E-state index contributed by atoms with van der Waals surface area (Å²) in [5, 5.41) is 4.43. The average molecular weight is 1510 g/mol. The van der Waals surface area contributed by atoms with E-state index in [1.165, 1.54) is 21.9 Å². The Morgan fingerprint density at radius 1 is 0.248 bits per heavy atom. The van der Waals surface area contributed by atoms with E-state index in [-0.39, 0.29) is 44.7 Å². The number of anilines is 9. The van der Waals surface area contributed by atoms with E-state index in [9.17, 15) is 8.22 Å². The molecular formula is C110H83BN6. The third kappa shape index (κ3) is 11.5. The second kappa shape index (κ2) is 27.2. The molecule has 117 heavy (non-hydrogen) atoms. The van der Waals surface area contributed by atoms with Gasteiger partial charge in [0, 0.05) is 94.9 Å². The van der Waals surface area contributed by atoms with Gasteiger partial charge in [-0.2, -0.15) is 0 Å². The van der Waals surface area contributed by atoms with Gasteiger partial charge < -0.3 is 28.4 Å². The zero-order chi connectivity index (χ0) is 85.3. The van der Waals surface area contributed by atoms with Gasteiger partial charge in [0.2, 0.25) is 0 Å². The van der Waals surface area contributed by atoms with Crippen LogP contribution in [0.1, 0.15) is 63.6 Å². The summed E-state index contributed by atoms with van der Waals surface area (Å²) in [5.74, 6) is 0. The fourth-order valence-corrected chi connectivity index (χ4v) is 18.5. The van der Waals surface area contributed by atoms with E-state index in [0.29, 0.717) is 5.69 Å². The van der Waals surface area contributed by atoms with Crippen molar-refractivity contribution >= 4 is 140 Å². The van der Waals surface area contributed by atoms with Gasteiger partial charge in [-0.25, -0.2) is 0 Å². The maximum Gasteiger partial charge on any atom is 0.252 e. The van der Waals surface area contributed by atoms with Crippen LogP contribution in [0.4, 0.5) is 51.2 Å². The Morgan fingerprint density at radius 2 is 0.598 bits per heavy atom. The van der Waals surface area contributed by atoms with Crippen molar-refractivity contribution in [3.8, 4) is 61.6 Å². The highest BCUT2D eigenvalue weighted by molar-refractivity contribution is 7.00. The number of fused-ring (bicyclic) bond motifs is 13. The van der Waals surface area contributed by atoms with Crippen molar-refractivity contribution in [2.45, 2.75) is 52.4 Å². The lowest BCUT2D eigenvalue weighted by Gasteiger charge is -2.45. The van der Waals surface area contributed by atoms with E-state index in [1.54, 1.807) is 4.57 Å². The minimum atomic E-state index is -0.552. The van der Waals surface area contributed by atoms with Crippen LogP contribution in [0.15, 0.2) is 394 Å². The molecule has 0 saturated carbocycles. The lowest BCUT2D eigenvalue weighted by atomic mass is 9.33. The molecule has 20 aromatic rings. The monoisotopic (exact) mass is 1510 g/mol. The van der Waals surface area contributed by atoms with Crippen molar-refractivity contribution in [3.05, 3.63) is 405 Å². The van der Waals surface area contributed by atoms with Gasteiger partial charge in [-0.15, -0.1) is 0 Å². The van der Waals surface area contributed by atoms with Gasteiger partial charge in [-0.1, -0.05) is 278 Å². The van der Waals surface area contributed by atoms with E-state index >= 15 is 0 Å². The molecule has 6 nitrogen and oxygen atoms in total. The number of hydrogen-bond acceptors (Lipinski definition) is 3. The van der Waals surface area contributed by atoms with E-state index in [4.69, 9.17) is 2.74 Å². The molecule has 2 aliphatic rings. The summed E-state index contributed by atoms with van der Waals surface area (Å²) in [5.41, 5.74) is 27.8. The van der Waals surface area contributed by atoms with Crippen LogP contribution < -0.4 is 31.1 Å². The second-order valence-electron chi connectivity index (χ2n) is 33.1. The molecule has 2 aliphatic heterocycles. The van der Waals surface area contributed by atoms with Gasteiger partial charge in [-0.05, 0) is 241 Å². The van der Waals surface area contributed by atoms with Gasteiger partial charge in [0.25, 0.3) is 6.71 Å². The molecular weight excluding hydrogens is 1420 g/mol. The molecule has 0 saturated heterocycles. The van der Waals surface area contributed by atoms with Crippen LogP contribution in [0, 0.1) is 0 Å². The summed E-state index contributed by atoms with van der Waals surface area (Å²) in [6, 6.07) is 121. The summed E-state index contributed by atoms with van der Waals surface area (Å²) < 4.78 is 82.9. The van der Waals surface area contributed by atoms with Crippen molar-refractivity contribution in [1.82, 2.24) is 13.7 Å². The zero-order valence-corrected chi connectivity index (χ0v) is 65.7. The molecule has 0 unspecified atom stereocenters. The quantitative estimate of drug-likeness (QED) is 0.114. The first-order valence-corrected chi connectivity index (χ1v) is 40.2. The Kier molecular flexibility index (Phi) is 14.2. The normalized spacial score (nSPS) is 13.6. The fourth-order valence-electron chi connectivity index (χ4n) is 18.5. The van der Waals surface area contributed by atoms with Gasteiger partial charge in [-0.3, -0.25) is 0 Å². The topological polar surface area (TPSA) is 24.5 Å². The number of hydrogen-bond donors (Lipinski definition) is 0.